The Labute approximate surface area is 151 Å². The molecule has 0 unspecified atom stereocenters. The van der Waals surface area contributed by atoms with Crippen molar-refractivity contribution in [3.63, 3.8) is 0 Å². The first kappa shape index (κ1) is 19.5. The van der Waals surface area contributed by atoms with E-state index in [0.29, 0.717) is 23.3 Å². The number of benzene rings is 1. The summed E-state index contributed by atoms with van der Waals surface area (Å²) < 4.78 is 10.7. The zero-order chi connectivity index (χ0) is 19.4. The number of aliphatic carboxylic acids is 1. The molecule has 26 heavy (non-hydrogen) atoms. The Kier molecular flexibility index (Phi) is 6.02. The number of fused-ring (bicyclic) bond motifs is 1. The maximum atomic E-state index is 12.0. The number of hydrogen-bond acceptors (Lipinski definition) is 5. The fraction of sp³-hybridized carbons (Fsp3) is 0.421. The predicted octanol–water partition coefficient (Wildman–Crippen LogP) is 2.40. The van der Waals surface area contributed by atoms with Gasteiger partial charge in [-0.2, -0.15) is 0 Å². The minimum atomic E-state index is -1.08. The van der Waals surface area contributed by atoms with Crippen molar-refractivity contribution in [2.75, 3.05) is 6.61 Å². The number of rotatable bonds is 7. The summed E-state index contributed by atoms with van der Waals surface area (Å²) in [6, 6.07) is 4.01. The summed E-state index contributed by atoms with van der Waals surface area (Å²) in [4.78, 5) is 35.0. The molecule has 0 saturated carbocycles. The van der Waals surface area contributed by atoms with Crippen LogP contribution in [0.5, 0.6) is 5.75 Å². The summed E-state index contributed by atoms with van der Waals surface area (Å²) in [5, 5.41) is 12.5. The van der Waals surface area contributed by atoms with Gasteiger partial charge in [-0.25, -0.2) is 9.59 Å². The van der Waals surface area contributed by atoms with Crippen molar-refractivity contribution in [2.45, 2.75) is 40.2 Å². The van der Waals surface area contributed by atoms with Crippen LogP contribution in [-0.2, 0) is 9.59 Å². The first-order valence-electron chi connectivity index (χ1n) is 8.43. The van der Waals surface area contributed by atoms with Crippen molar-refractivity contribution in [3.8, 4) is 5.75 Å². The third-order valence-corrected chi connectivity index (χ3v) is 4.59. The quantitative estimate of drug-likeness (QED) is 0.734. The van der Waals surface area contributed by atoms with Gasteiger partial charge in [0, 0.05) is 17.0 Å². The van der Waals surface area contributed by atoms with Gasteiger partial charge in [-0.15, -0.1) is 0 Å². The highest BCUT2D eigenvalue weighted by Crippen LogP contribution is 2.23. The number of aryl methyl sites for hydroxylation is 1. The number of hydrogen-bond donors (Lipinski definition) is 2. The lowest BCUT2D eigenvalue weighted by molar-refractivity contribution is -0.143. The minimum absolute atomic E-state index is 0.197. The molecular formula is C19H23NO6. The van der Waals surface area contributed by atoms with Crippen LogP contribution in [0, 0.1) is 19.8 Å². The van der Waals surface area contributed by atoms with Crippen LogP contribution in [-0.4, -0.2) is 29.6 Å². The summed E-state index contributed by atoms with van der Waals surface area (Å²) >= 11 is 0. The molecule has 7 heteroatoms. The zero-order valence-electron chi connectivity index (χ0n) is 15.3. The van der Waals surface area contributed by atoms with E-state index in [1.165, 1.54) is 0 Å². The summed E-state index contributed by atoms with van der Waals surface area (Å²) in [7, 11) is 0. The molecular weight excluding hydrogens is 338 g/mol. The van der Waals surface area contributed by atoms with Crippen LogP contribution in [0.15, 0.2) is 27.4 Å². The lowest BCUT2D eigenvalue weighted by atomic mass is 9.99. The van der Waals surface area contributed by atoms with Crippen LogP contribution < -0.4 is 15.7 Å². The Morgan fingerprint density at radius 1 is 1.27 bits per heavy atom. The van der Waals surface area contributed by atoms with Crippen LogP contribution in [0.4, 0.5) is 0 Å². The van der Waals surface area contributed by atoms with Gasteiger partial charge >= 0.3 is 11.6 Å². The van der Waals surface area contributed by atoms with E-state index in [0.717, 1.165) is 10.9 Å². The fourth-order valence-corrected chi connectivity index (χ4v) is 2.57. The zero-order valence-corrected chi connectivity index (χ0v) is 15.3. The van der Waals surface area contributed by atoms with E-state index < -0.39 is 23.5 Å². The van der Waals surface area contributed by atoms with E-state index in [4.69, 9.17) is 9.15 Å². The van der Waals surface area contributed by atoms with E-state index in [2.05, 4.69) is 5.32 Å². The van der Waals surface area contributed by atoms with Crippen molar-refractivity contribution in [3.05, 3.63) is 39.7 Å². The molecule has 2 N–H and O–H groups in total. The first-order chi connectivity index (χ1) is 12.2. The highest BCUT2D eigenvalue weighted by Gasteiger charge is 2.25. The van der Waals surface area contributed by atoms with Crippen LogP contribution in [0.2, 0.25) is 0 Å². The summed E-state index contributed by atoms with van der Waals surface area (Å²) in [6.07, 6.45) is 0.626. The predicted molar refractivity (Wildman–Crippen MR) is 96.5 cm³/mol. The second-order valence-electron chi connectivity index (χ2n) is 6.36. The maximum absolute atomic E-state index is 12.0. The smallest absolute Gasteiger partial charge is 0.339 e. The number of ether oxygens (including phenoxy) is 1. The molecule has 140 valence electrons. The van der Waals surface area contributed by atoms with Gasteiger partial charge in [0.05, 0.1) is 0 Å². The molecule has 2 aromatic rings. The number of carbonyl (C=O) groups is 2. The lowest BCUT2D eigenvalue weighted by Crippen LogP contribution is -2.46. The molecule has 0 aliphatic rings. The van der Waals surface area contributed by atoms with Crippen molar-refractivity contribution in [1.29, 1.82) is 0 Å². The Bertz CT molecular complexity index is 885. The third-order valence-electron chi connectivity index (χ3n) is 4.59. The highest BCUT2D eigenvalue weighted by molar-refractivity contribution is 5.85. The van der Waals surface area contributed by atoms with Gasteiger partial charge in [-0.05, 0) is 37.5 Å². The molecule has 1 aromatic carbocycles. The monoisotopic (exact) mass is 361 g/mol. The molecule has 1 aromatic heterocycles. The number of nitrogens with one attached hydrogen (secondary N) is 1. The molecule has 0 saturated heterocycles. The molecule has 0 aliphatic carbocycles. The third kappa shape index (κ3) is 4.22. The van der Waals surface area contributed by atoms with Crippen LogP contribution in [0.1, 0.15) is 31.4 Å². The highest BCUT2D eigenvalue weighted by atomic mass is 16.5. The van der Waals surface area contributed by atoms with Gasteiger partial charge in [-0.3, -0.25) is 4.79 Å². The second-order valence-corrected chi connectivity index (χ2v) is 6.36. The summed E-state index contributed by atoms with van der Waals surface area (Å²) in [5.41, 5.74) is 1.34. The molecule has 0 aliphatic heterocycles. The average molecular weight is 361 g/mol. The minimum Gasteiger partial charge on any atom is -0.484 e. The summed E-state index contributed by atoms with van der Waals surface area (Å²) in [6.45, 7) is 6.82. The Hall–Kier alpha value is -2.83. The van der Waals surface area contributed by atoms with E-state index in [9.17, 15) is 19.5 Å². The number of carboxylic acid groups (broad SMARTS) is 1. The summed E-state index contributed by atoms with van der Waals surface area (Å²) in [5.74, 6) is -1.45. The van der Waals surface area contributed by atoms with Gasteiger partial charge in [0.15, 0.2) is 6.61 Å². The second kappa shape index (κ2) is 8.03. The van der Waals surface area contributed by atoms with E-state index >= 15 is 0 Å². The standard InChI is InChI=1S/C19H23NO6/c1-5-10(2)17(18(22)23)20-16(21)9-25-13-6-7-14-11(3)12(4)19(24)26-15(14)8-13/h6-8,10,17H,5,9H2,1-4H3,(H,20,21)(H,22,23)/t10-,17+/m0/s1. The first-order valence-corrected chi connectivity index (χ1v) is 8.43. The van der Waals surface area contributed by atoms with E-state index in [-0.39, 0.29) is 12.5 Å². The molecule has 0 bridgehead atoms. The number of carboxylic acids is 1. The van der Waals surface area contributed by atoms with Crippen molar-refractivity contribution in [1.82, 2.24) is 5.32 Å². The van der Waals surface area contributed by atoms with Crippen molar-refractivity contribution >= 4 is 22.8 Å². The molecule has 1 heterocycles. The number of amides is 1. The molecule has 0 radical (unpaired) electrons. The maximum Gasteiger partial charge on any atom is 0.339 e. The molecule has 2 atom stereocenters. The van der Waals surface area contributed by atoms with Gasteiger partial charge in [-0.1, -0.05) is 20.3 Å². The topological polar surface area (TPSA) is 106 Å². The Morgan fingerprint density at radius 2 is 1.96 bits per heavy atom. The van der Waals surface area contributed by atoms with E-state index in [1.807, 2.05) is 13.8 Å². The van der Waals surface area contributed by atoms with E-state index in [1.54, 1.807) is 32.0 Å². The lowest BCUT2D eigenvalue weighted by Gasteiger charge is -2.20. The fourth-order valence-electron chi connectivity index (χ4n) is 2.57. The Morgan fingerprint density at radius 3 is 2.58 bits per heavy atom. The largest absolute Gasteiger partial charge is 0.484 e. The normalized spacial score (nSPS) is 13.2. The van der Waals surface area contributed by atoms with Crippen molar-refractivity contribution < 1.29 is 23.8 Å². The van der Waals surface area contributed by atoms with Gasteiger partial charge < -0.3 is 19.6 Å². The average Bonchev–Trinajstić information content (AvgIpc) is 2.61. The van der Waals surface area contributed by atoms with Crippen molar-refractivity contribution in [2.24, 2.45) is 5.92 Å². The molecule has 7 nitrogen and oxygen atoms in total. The van der Waals surface area contributed by atoms with Gasteiger partial charge in [0.1, 0.15) is 17.4 Å². The molecule has 1 amide bonds. The van der Waals surface area contributed by atoms with Crippen LogP contribution in [0.25, 0.3) is 11.0 Å². The molecule has 0 fully saturated rings. The molecule has 0 spiro atoms. The Balaban J connectivity index is 2.09. The number of carbonyl (C=O) groups excluding carboxylic acids is 1. The SMILES string of the molecule is CC[C@H](C)[C@@H](NC(=O)COc1ccc2c(C)c(C)c(=O)oc2c1)C(=O)O. The molecule has 2 rings (SSSR count). The van der Waals surface area contributed by atoms with Gasteiger partial charge in [0.25, 0.3) is 5.91 Å². The van der Waals surface area contributed by atoms with Crippen LogP contribution >= 0.6 is 0 Å². The van der Waals surface area contributed by atoms with Crippen LogP contribution in [0.3, 0.4) is 0 Å². The van der Waals surface area contributed by atoms with Gasteiger partial charge in [0.2, 0.25) is 0 Å².